The molecule has 2 aromatic rings. The van der Waals surface area contributed by atoms with E-state index >= 15 is 0 Å². The molecule has 2 aromatic carbocycles. The normalized spacial score (nSPS) is 9.92. The van der Waals surface area contributed by atoms with Crippen LogP contribution < -0.4 is 10.6 Å². The van der Waals surface area contributed by atoms with E-state index in [9.17, 15) is 9.59 Å². The summed E-state index contributed by atoms with van der Waals surface area (Å²) in [6, 6.07) is 15.0. The van der Waals surface area contributed by atoms with Crippen molar-refractivity contribution in [3.05, 3.63) is 70.8 Å². The van der Waals surface area contributed by atoms with Crippen molar-refractivity contribution in [1.29, 1.82) is 0 Å². The molecule has 2 amide bonds. The fourth-order valence-electron chi connectivity index (χ4n) is 2.12. The van der Waals surface area contributed by atoms with Crippen LogP contribution in [0.25, 0.3) is 0 Å². The van der Waals surface area contributed by atoms with E-state index in [0.29, 0.717) is 5.56 Å². The van der Waals surface area contributed by atoms with Crippen molar-refractivity contribution < 1.29 is 9.59 Å². The summed E-state index contributed by atoms with van der Waals surface area (Å²) in [6.07, 6.45) is 0. The number of amides is 2. The molecule has 4 heteroatoms. The number of hydrogen-bond donors (Lipinski definition) is 2. The lowest BCUT2D eigenvalue weighted by Gasteiger charge is -2.09. The van der Waals surface area contributed by atoms with Crippen LogP contribution >= 0.6 is 0 Å². The van der Waals surface area contributed by atoms with E-state index < -0.39 is 0 Å². The fraction of sp³-hybridized carbons (Fsp3) is 0.238. The average molecular weight is 334 g/mol. The Hall–Kier alpha value is -3.06. The van der Waals surface area contributed by atoms with Crippen molar-refractivity contribution in [1.82, 2.24) is 10.6 Å². The van der Waals surface area contributed by atoms with Crippen LogP contribution in [0.5, 0.6) is 0 Å². The molecule has 0 aliphatic rings. The van der Waals surface area contributed by atoms with Gasteiger partial charge in [-0.1, -0.05) is 29.5 Å². The van der Waals surface area contributed by atoms with E-state index in [0.717, 1.165) is 11.1 Å². The van der Waals surface area contributed by atoms with E-state index in [-0.39, 0.29) is 24.4 Å². The van der Waals surface area contributed by atoms with Crippen molar-refractivity contribution in [2.75, 3.05) is 6.54 Å². The summed E-state index contributed by atoms with van der Waals surface area (Å²) in [5, 5.41) is 5.32. The lowest BCUT2D eigenvalue weighted by Crippen LogP contribution is -2.39. The molecule has 0 spiro atoms. The highest BCUT2D eigenvalue weighted by Crippen LogP contribution is 2.05. The van der Waals surface area contributed by atoms with Crippen molar-refractivity contribution in [2.24, 2.45) is 0 Å². The second kappa shape index (κ2) is 8.70. The van der Waals surface area contributed by atoms with Crippen LogP contribution in [0, 0.1) is 18.8 Å². The van der Waals surface area contributed by atoms with Gasteiger partial charge in [-0.2, -0.15) is 0 Å². The first kappa shape index (κ1) is 18.3. The first-order valence-corrected chi connectivity index (χ1v) is 8.20. The Morgan fingerprint density at radius 3 is 1.96 bits per heavy atom. The maximum Gasteiger partial charge on any atom is 0.251 e. The quantitative estimate of drug-likeness (QED) is 0.845. The van der Waals surface area contributed by atoms with Crippen LogP contribution in [0.4, 0.5) is 0 Å². The summed E-state index contributed by atoms with van der Waals surface area (Å²) in [7, 11) is 0. The van der Waals surface area contributed by atoms with Gasteiger partial charge in [0.25, 0.3) is 5.91 Å². The molecule has 0 aliphatic heterocycles. The Kier molecular flexibility index (Phi) is 6.36. The molecular weight excluding hydrogens is 312 g/mol. The van der Waals surface area contributed by atoms with Gasteiger partial charge in [0.05, 0.1) is 6.54 Å². The number of hydrogen-bond acceptors (Lipinski definition) is 2. The maximum absolute atomic E-state index is 12.0. The minimum Gasteiger partial charge on any atom is -0.352 e. The van der Waals surface area contributed by atoms with E-state index in [1.54, 1.807) is 24.3 Å². The summed E-state index contributed by atoms with van der Waals surface area (Å²) < 4.78 is 0. The van der Waals surface area contributed by atoms with E-state index in [2.05, 4.69) is 22.5 Å². The average Bonchev–Trinajstić information content (AvgIpc) is 2.59. The molecular formula is C21H22N2O2. The molecule has 25 heavy (non-hydrogen) atoms. The fourth-order valence-corrected chi connectivity index (χ4v) is 2.12. The van der Waals surface area contributed by atoms with Crippen LogP contribution in [0.2, 0.25) is 0 Å². The number of aryl methyl sites for hydroxylation is 1. The van der Waals surface area contributed by atoms with Crippen molar-refractivity contribution in [2.45, 2.75) is 26.8 Å². The van der Waals surface area contributed by atoms with Gasteiger partial charge in [-0.3, -0.25) is 9.59 Å². The third-order valence-corrected chi connectivity index (χ3v) is 3.41. The Labute approximate surface area is 148 Å². The third-order valence-electron chi connectivity index (χ3n) is 3.41. The standard InChI is InChI=1S/C21H22N2O2/c1-15(2)23-20(24)14-22-21(25)19-12-10-18(11-13-19)9-8-17-6-4-16(3)5-7-17/h4-7,10-13,15H,14H2,1-3H3,(H,22,25)(H,23,24). The zero-order valence-electron chi connectivity index (χ0n) is 14.7. The third kappa shape index (κ3) is 6.15. The monoisotopic (exact) mass is 334 g/mol. The summed E-state index contributed by atoms with van der Waals surface area (Å²) in [6.45, 7) is 5.74. The molecule has 0 saturated carbocycles. The van der Waals surface area contributed by atoms with Gasteiger partial charge in [0.2, 0.25) is 5.91 Å². The Balaban J connectivity index is 1.94. The molecule has 128 valence electrons. The highest BCUT2D eigenvalue weighted by Gasteiger charge is 2.08. The molecule has 0 bridgehead atoms. The second-order valence-corrected chi connectivity index (χ2v) is 6.10. The van der Waals surface area contributed by atoms with Crippen molar-refractivity contribution in [3.8, 4) is 11.8 Å². The Morgan fingerprint density at radius 1 is 0.920 bits per heavy atom. The number of nitrogens with one attached hydrogen (secondary N) is 2. The molecule has 0 aromatic heterocycles. The minimum absolute atomic E-state index is 0.0357. The van der Waals surface area contributed by atoms with Crippen LogP contribution in [-0.2, 0) is 4.79 Å². The molecule has 4 nitrogen and oxygen atoms in total. The van der Waals surface area contributed by atoms with Crippen LogP contribution in [0.3, 0.4) is 0 Å². The number of benzene rings is 2. The summed E-state index contributed by atoms with van der Waals surface area (Å²) in [4.78, 5) is 23.6. The van der Waals surface area contributed by atoms with E-state index in [4.69, 9.17) is 0 Å². The van der Waals surface area contributed by atoms with E-state index in [1.807, 2.05) is 45.0 Å². The highest BCUT2D eigenvalue weighted by molar-refractivity contribution is 5.96. The van der Waals surface area contributed by atoms with Gasteiger partial charge >= 0.3 is 0 Å². The number of rotatable bonds is 4. The zero-order chi connectivity index (χ0) is 18.2. The second-order valence-electron chi connectivity index (χ2n) is 6.10. The lowest BCUT2D eigenvalue weighted by molar-refractivity contribution is -0.120. The Bertz CT molecular complexity index is 795. The summed E-state index contributed by atoms with van der Waals surface area (Å²) >= 11 is 0. The number of carbonyl (C=O) groups excluding carboxylic acids is 2. The Morgan fingerprint density at radius 2 is 1.44 bits per heavy atom. The van der Waals surface area contributed by atoms with Gasteiger partial charge < -0.3 is 10.6 Å². The van der Waals surface area contributed by atoms with Gasteiger partial charge in [0, 0.05) is 22.7 Å². The van der Waals surface area contributed by atoms with Gasteiger partial charge in [-0.15, -0.1) is 0 Å². The molecule has 0 heterocycles. The predicted octanol–water partition coefficient (Wildman–Crippen LogP) is 2.65. The van der Waals surface area contributed by atoms with Gasteiger partial charge in [0.1, 0.15) is 0 Å². The lowest BCUT2D eigenvalue weighted by atomic mass is 10.1. The highest BCUT2D eigenvalue weighted by atomic mass is 16.2. The van der Waals surface area contributed by atoms with Gasteiger partial charge in [-0.25, -0.2) is 0 Å². The van der Waals surface area contributed by atoms with Crippen molar-refractivity contribution in [3.63, 3.8) is 0 Å². The molecule has 2 rings (SSSR count). The van der Waals surface area contributed by atoms with Gasteiger partial charge in [0.15, 0.2) is 0 Å². The van der Waals surface area contributed by atoms with Gasteiger partial charge in [-0.05, 0) is 57.2 Å². The van der Waals surface area contributed by atoms with Crippen LogP contribution in [-0.4, -0.2) is 24.4 Å². The minimum atomic E-state index is -0.281. The smallest absolute Gasteiger partial charge is 0.251 e. The zero-order valence-corrected chi connectivity index (χ0v) is 14.7. The maximum atomic E-state index is 12.0. The molecule has 0 fully saturated rings. The SMILES string of the molecule is Cc1ccc(C#Cc2ccc(C(=O)NCC(=O)NC(C)C)cc2)cc1. The van der Waals surface area contributed by atoms with Crippen LogP contribution in [0.1, 0.15) is 40.9 Å². The molecule has 0 aliphatic carbocycles. The largest absolute Gasteiger partial charge is 0.352 e. The topological polar surface area (TPSA) is 58.2 Å². The van der Waals surface area contributed by atoms with Crippen LogP contribution in [0.15, 0.2) is 48.5 Å². The molecule has 0 unspecified atom stereocenters. The predicted molar refractivity (Wildman–Crippen MR) is 99.2 cm³/mol. The molecule has 2 N–H and O–H groups in total. The molecule has 0 radical (unpaired) electrons. The summed E-state index contributed by atoms with van der Waals surface area (Å²) in [5.41, 5.74) is 3.47. The molecule has 0 saturated heterocycles. The van der Waals surface area contributed by atoms with E-state index in [1.165, 1.54) is 5.56 Å². The number of carbonyl (C=O) groups is 2. The summed E-state index contributed by atoms with van der Waals surface area (Å²) in [5.74, 6) is 5.68. The first-order valence-electron chi connectivity index (χ1n) is 8.20. The first-order chi connectivity index (χ1) is 11.9. The van der Waals surface area contributed by atoms with Crippen molar-refractivity contribution >= 4 is 11.8 Å². The molecule has 0 atom stereocenters.